The van der Waals surface area contributed by atoms with Gasteiger partial charge in [-0.3, -0.25) is 0 Å². The zero-order valence-corrected chi connectivity index (χ0v) is 71.3. The van der Waals surface area contributed by atoms with Crippen molar-refractivity contribution in [2.75, 3.05) is 0 Å². The van der Waals surface area contributed by atoms with Crippen molar-refractivity contribution < 1.29 is 49.6 Å². The summed E-state index contributed by atoms with van der Waals surface area (Å²) in [5.41, 5.74) is 25.9. The molecule has 0 amide bonds. The normalized spacial score (nSPS) is 13.5. The summed E-state index contributed by atoms with van der Waals surface area (Å²) in [6.45, 7) is 9.05. The van der Waals surface area contributed by atoms with E-state index >= 15 is 0 Å². The highest BCUT2D eigenvalue weighted by Crippen LogP contribution is 2.47. The number of hydrogen-bond donors (Lipinski definition) is 0. The lowest BCUT2D eigenvalue weighted by Gasteiger charge is -2.12. The third-order valence-electron chi connectivity index (χ3n) is 26.2. The van der Waals surface area contributed by atoms with Gasteiger partial charge < -0.3 is 17.7 Å². The van der Waals surface area contributed by atoms with E-state index in [1.165, 1.54) is 49.0 Å². The molecule has 0 bridgehead atoms. The Labute approximate surface area is 734 Å². The number of nitrogens with zero attached hydrogens (tertiary/aromatic N) is 4. The third kappa shape index (κ3) is 12.2. The summed E-state index contributed by atoms with van der Waals surface area (Å²) in [6.07, 6.45) is 0. The highest BCUT2D eigenvalue weighted by Gasteiger charge is 2.31. The van der Waals surface area contributed by atoms with Crippen LogP contribution in [0.2, 0.25) is 0 Å². The Bertz CT molecular complexity index is 9080. The molecule has 0 unspecified atom stereocenters. The van der Waals surface area contributed by atoms with Crippen LogP contribution in [0.5, 0.6) is 0 Å². The number of benzene rings is 16. The van der Waals surface area contributed by atoms with Gasteiger partial charge in [-0.2, -0.15) is 18.3 Å². The van der Waals surface area contributed by atoms with Crippen molar-refractivity contribution in [3.8, 4) is 45.0 Å². The van der Waals surface area contributed by atoms with Gasteiger partial charge in [0.15, 0.2) is 0 Å². The second-order valence-electron chi connectivity index (χ2n) is 33.5. The van der Waals surface area contributed by atoms with E-state index in [-0.39, 0.29) is 0 Å². The van der Waals surface area contributed by atoms with Crippen LogP contribution in [-0.2, 0) is 28.2 Å². The van der Waals surface area contributed by atoms with Crippen LogP contribution in [-0.4, -0.2) is 0 Å². The highest BCUT2D eigenvalue weighted by molar-refractivity contribution is 6.22. The number of para-hydroxylation sites is 2. The first-order chi connectivity index (χ1) is 64.2. The minimum Gasteiger partial charge on any atom is -0.454 e. The van der Waals surface area contributed by atoms with Gasteiger partial charge in [-0.1, -0.05) is 196 Å². The molecule has 8 aromatic heterocycles. The molecule has 0 aliphatic rings. The van der Waals surface area contributed by atoms with Crippen LogP contribution in [0.25, 0.3) is 219 Å². The fourth-order valence-corrected chi connectivity index (χ4v) is 19.5. The molecule has 124 heavy (non-hydrogen) atoms. The van der Waals surface area contributed by atoms with E-state index in [2.05, 4.69) is 228 Å². The van der Waals surface area contributed by atoms with Crippen LogP contribution < -0.4 is 18.3 Å². The lowest BCUT2D eigenvalue weighted by molar-refractivity contribution is -0.633. The number of aryl methyl sites for hydroxylation is 10. The number of hydrogen-bond acceptors (Lipinski definition) is 4. The molecule has 600 valence electrons. The molecular weight excluding hydrogens is 1510 g/mol. The lowest BCUT2D eigenvalue weighted by atomic mass is 9.94. The number of pyridine rings is 4. The first-order valence-electron chi connectivity index (χ1n) is 47.3. The topological polar surface area (TPSA) is 68.1 Å². The maximum atomic E-state index is 8.62. The largest absolute Gasteiger partial charge is 0.454 e. The van der Waals surface area contributed by atoms with Crippen molar-refractivity contribution >= 4 is 174 Å². The van der Waals surface area contributed by atoms with Gasteiger partial charge in [-0.25, -0.2) is 0 Å². The van der Waals surface area contributed by atoms with E-state index in [9.17, 15) is 0 Å². The predicted octanol–water partition coefficient (Wildman–Crippen LogP) is 29.4. The first kappa shape index (κ1) is 66.2. The molecule has 0 saturated carbocycles. The van der Waals surface area contributed by atoms with E-state index in [0.717, 1.165) is 198 Å². The number of aromatic nitrogens is 4. The Balaban J connectivity index is 0.000000108. The van der Waals surface area contributed by atoms with Crippen molar-refractivity contribution in [2.45, 2.75) is 81.8 Å². The molecule has 0 saturated heterocycles. The fourth-order valence-electron chi connectivity index (χ4n) is 19.5. The summed E-state index contributed by atoms with van der Waals surface area (Å²) in [5.74, 6) is -0.752. The minimum atomic E-state index is -2.27. The van der Waals surface area contributed by atoms with E-state index in [1.807, 2.05) is 159 Å². The molecule has 0 aliphatic heterocycles. The van der Waals surface area contributed by atoms with Crippen LogP contribution in [0, 0.1) is 62.1 Å². The first-order valence-corrected chi connectivity index (χ1v) is 42.3. The fraction of sp³-hybridized carbons (Fsp3) is 0.138. The lowest BCUT2D eigenvalue weighted by Crippen LogP contribution is -2.32. The van der Waals surface area contributed by atoms with Gasteiger partial charge in [0.2, 0.25) is 44.8 Å². The SMILES string of the molecule is Cc1ccc2c(oc3c4ccccc4ccc23)c1-c1ccc2ccccc2[n+]1C.[2H]C([2H])([2H])c1cc2c(oc3c4ccccc4ccc23)c(-c2cc(C)c3ccccc3[n+]2C)c1C.[2H]C([2H])([2H])c1cc2c(oc3c4ccccc4ccc23)c(-c2ccc3c(C([2H])(C)C)cccc3[n+]2C)c1C.[2H]C([2H])([2H])c1cc2c(oc3c4ccccc4ccc23)c(-c2ccc3c(C)cccc3[n+]2C)c1C. The summed E-state index contributed by atoms with van der Waals surface area (Å²) in [4.78, 5) is 0. The Morgan fingerprint density at radius 3 is 0.992 bits per heavy atom. The minimum absolute atomic E-state index is 0.326. The molecule has 0 spiro atoms. The van der Waals surface area contributed by atoms with Gasteiger partial charge in [0.1, 0.15) is 72.9 Å². The van der Waals surface area contributed by atoms with Gasteiger partial charge in [0.05, 0.1) is 22.3 Å². The molecule has 24 rings (SSSR count). The zero-order valence-electron chi connectivity index (χ0n) is 81.3. The summed E-state index contributed by atoms with van der Waals surface area (Å²) >= 11 is 0. The average Bonchev–Trinajstić information content (AvgIpc) is 1.59. The van der Waals surface area contributed by atoms with Crippen LogP contribution in [0.1, 0.15) is 89.1 Å². The number of rotatable bonds is 5. The summed E-state index contributed by atoms with van der Waals surface area (Å²) in [5, 5.41) is 20.8. The van der Waals surface area contributed by atoms with E-state index < -0.39 is 26.4 Å². The van der Waals surface area contributed by atoms with Crippen molar-refractivity contribution in [3.05, 3.63) is 359 Å². The molecule has 8 heterocycles. The van der Waals surface area contributed by atoms with Crippen molar-refractivity contribution in [3.63, 3.8) is 0 Å². The maximum Gasteiger partial charge on any atom is 0.217 e. The molecule has 8 nitrogen and oxygen atoms in total. The standard InChI is InChI=1S/C31H28NO.2C29H24NO.C27H20NO/c1-18(2)22-11-8-12-27-24(22)15-16-28(32(27)5)29-20(4)19(3)17-26-25-14-13-21-9-6-7-10-23(21)30(25)33-31(26)29;1-17-15-24-23-14-13-20-9-5-6-11-22(20)28(23)31-29(24)27(19(17)3)26-16-18(2)21-10-7-8-12-25(21)30(26)4;1-17-8-7-11-25-21(17)14-15-26(30(25)4)27-19(3)18(2)16-24-23-13-12-20-9-5-6-10-22(20)28(23)31-29(24)27;1-17-11-14-22-21-15-12-18-7-3-5-9-20(18)26(21)29-27(22)25(17)24-16-13-19-8-4-6-10-23(19)28(24)2/h6-18H,1-5H3;2*5-16H,1-4H3;3-16H,1-2H3/q4*+1/i3D3,18D;1D3;2D3;. The average molecular weight is 1620 g/mol. The van der Waals surface area contributed by atoms with Crippen molar-refractivity contribution in [1.29, 1.82) is 0 Å². The molecule has 0 radical (unpaired) electrons. The third-order valence-corrected chi connectivity index (χ3v) is 26.2. The van der Waals surface area contributed by atoms with Gasteiger partial charge >= 0.3 is 0 Å². The second-order valence-corrected chi connectivity index (χ2v) is 33.5. The zero-order chi connectivity index (χ0) is 93.4. The van der Waals surface area contributed by atoms with Gasteiger partial charge in [-0.05, 0) is 218 Å². The Kier molecular flexibility index (Phi) is 16.0. The molecule has 24 aromatic rings. The van der Waals surface area contributed by atoms with Gasteiger partial charge in [0.25, 0.3) is 0 Å². The Morgan fingerprint density at radius 1 is 0.226 bits per heavy atom. The molecule has 0 fully saturated rings. The van der Waals surface area contributed by atoms with Crippen molar-refractivity contribution in [1.82, 2.24) is 0 Å². The van der Waals surface area contributed by atoms with Crippen LogP contribution in [0.3, 0.4) is 0 Å². The predicted molar refractivity (Wildman–Crippen MR) is 518 cm³/mol. The van der Waals surface area contributed by atoms with Crippen LogP contribution in [0.4, 0.5) is 0 Å². The van der Waals surface area contributed by atoms with Gasteiger partial charge in [0, 0.05) is 148 Å². The maximum absolute atomic E-state index is 8.62. The molecular formula is C116H96N4O4+4. The molecule has 0 aliphatic carbocycles. The second kappa shape index (κ2) is 29.9. The van der Waals surface area contributed by atoms with E-state index in [0.29, 0.717) is 27.8 Å². The molecule has 0 atom stereocenters. The molecule has 16 aromatic carbocycles. The highest BCUT2D eigenvalue weighted by atomic mass is 16.3. The summed E-state index contributed by atoms with van der Waals surface area (Å²) in [6, 6.07) is 103. The Morgan fingerprint density at radius 2 is 0.532 bits per heavy atom. The van der Waals surface area contributed by atoms with E-state index in [4.69, 9.17) is 31.4 Å². The summed E-state index contributed by atoms with van der Waals surface area (Å²) < 4.78 is 118. The van der Waals surface area contributed by atoms with Gasteiger partial charge in [-0.15, -0.1) is 0 Å². The monoisotopic (exact) mass is 1620 g/mol. The molecule has 0 N–H and O–H groups in total. The smallest absolute Gasteiger partial charge is 0.217 e. The molecule has 8 heteroatoms. The quantitative estimate of drug-likeness (QED) is 0.161. The number of furan rings is 4. The van der Waals surface area contributed by atoms with Crippen LogP contribution in [0.15, 0.2) is 321 Å². The Hall–Kier alpha value is -14.6. The van der Waals surface area contributed by atoms with Crippen LogP contribution >= 0.6 is 0 Å². The summed E-state index contributed by atoms with van der Waals surface area (Å²) in [7, 11) is 8.18. The number of fused-ring (bicyclic) bond motifs is 24. The van der Waals surface area contributed by atoms with Crippen molar-refractivity contribution in [2.24, 2.45) is 28.2 Å². The van der Waals surface area contributed by atoms with E-state index in [1.54, 1.807) is 18.2 Å².